The number of benzene rings is 3. The first-order valence-corrected chi connectivity index (χ1v) is 14.1. The first-order valence-electron chi connectivity index (χ1n) is 14.1. The average molecular weight is 618 g/mol. The summed E-state index contributed by atoms with van der Waals surface area (Å²) in [5.74, 6) is -2.30. The molecular formula is C32H27F4N7O2. The van der Waals surface area contributed by atoms with Crippen molar-refractivity contribution in [3.8, 4) is 16.9 Å². The Morgan fingerprint density at radius 2 is 1.56 bits per heavy atom. The Morgan fingerprint density at radius 1 is 0.889 bits per heavy atom. The Labute approximate surface area is 255 Å². The summed E-state index contributed by atoms with van der Waals surface area (Å²) < 4.78 is 55.0. The number of para-hydroxylation sites is 1. The molecule has 0 unspecified atom stereocenters. The molecule has 230 valence electrons. The molecule has 13 heteroatoms. The first-order chi connectivity index (χ1) is 21.6. The summed E-state index contributed by atoms with van der Waals surface area (Å²) in [7, 11) is 2.00. The predicted molar refractivity (Wildman–Crippen MR) is 162 cm³/mol. The summed E-state index contributed by atoms with van der Waals surface area (Å²) in [5.41, 5.74) is 1.38. The number of halogens is 4. The van der Waals surface area contributed by atoms with Crippen molar-refractivity contribution in [1.29, 1.82) is 0 Å². The number of pyridine rings is 1. The fourth-order valence-electron chi connectivity index (χ4n) is 5.29. The number of nitrogens with zero attached hydrogens (tertiary/aromatic N) is 5. The maximum absolute atomic E-state index is 13.7. The van der Waals surface area contributed by atoms with E-state index in [0.717, 1.165) is 17.3 Å². The van der Waals surface area contributed by atoms with Crippen LogP contribution in [-0.2, 0) is 6.18 Å². The van der Waals surface area contributed by atoms with Gasteiger partial charge in [-0.3, -0.25) is 10.1 Å². The quantitative estimate of drug-likeness (QED) is 0.237. The van der Waals surface area contributed by atoms with Crippen LogP contribution in [0.1, 0.15) is 15.9 Å². The highest BCUT2D eigenvalue weighted by atomic mass is 19.4. The number of fused-ring (bicyclic) bond motifs is 1. The van der Waals surface area contributed by atoms with Crippen molar-refractivity contribution in [2.45, 2.75) is 6.18 Å². The Kier molecular flexibility index (Phi) is 7.94. The molecule has 0 spiro atoms. The molecule has 1 saturated heterocycles. The van der Waals surface area contributed by atoms with E-state index in [1.807, 2.05) is 67.7 Å². The lowest BCUT2D eigenvalue weighted by atomic mass is 10.0. The van der Waals surface area contributed by atoms with Gasteiger partial charge in [-0.1, -0.05) is 48.5 Å². The van der Waals surface area contributed by atoms with Gasteiger partial charge in [0.15, 0.2) is 5.65 Å². The summed E-state index contributed by atoms with van der Waals surface area (Å²) in [6.45, 7) is 2.57. The van der Waals surface area contributed by atoms with Crippen molar-refractivity contribution in [3.05, 3.63) is 102 Å². The third-order valence-corrected chi connectivity index (χ3v) is 7.54. The zero-order valence-electron chi connectivity index (χ0n) is 24.0. The van der Waals surface area contributed by atoms with E-state index in [4.69, 9.17) is 5.10 Å². The molecule has 6 rings (SSSR count). The number of piperazine rings is 1. The Balaban J connectivity index is 1.44. The van der Waals surface area contributed by atoms with Crippen molar-refractivity contribution in [1.82, 2.24) is 25.0 Å². The second-order valence-corrected chi connectivity index (χ2v) is 10.6. The van der Waals surface area contributed by atoms with Crippen LogP contribution in [0.25, 0.3) is 28.0 Å². The van der Waals surface area contributed by atoms with Gasteiger partial charge in [0.2, 0.25) is 0 Å². The van der Waals surface area contributed by atoms with Gasteiger partial charge in [0.05, 0.1) is 27.9 Å². The lowest BCUT2D eigenvalue weighted by Crippen LogP contribution is -2.45. The topological polar surface area (TPSA) is 95.4 Å². The van der Waals surface area contributed by atoms with Gasteiger partial charge in [-0.2, -0.15) is 18.3 Å². The fraction of sp³-hybridized carbons (Fsp3) is 0.188. The Morgan fingerprint density at radius 3 is 2.22 bits per heavy atom. The van der Waals surface area contributed by atoms with Crippen LogP contribution in [0, 0.1) is 5.82 Å². The smallest absolute Gasteiger partial charge is 0.368 e. The number of carbonyl (C=O) groups is 2. The Hall–Kier alpha value is -5.30. The van der Waals surface area contributed by atoms with Crippen LogP contribution >= 0.6 is 0 Å². The molecule has 0 radical (unpaired) electrons. The molecule has 2 aromatic heterocycles. The number of urea groups is 1. The van der Waals surface area contributed by atoms with Gasteiger partial charge >= 0.3 is 12.2 Å². The van der Waals surface area contributed by atoms with Crippen molar-refractivity contribution >= 4 is 34.3 Å². The second-order valence-electron chi connectivity index (χ2n) is 10.6. The van der Waals surface area contributed by atoms with E-state index in [9.17, 15) is 27.2 Å². The van der Waals surface area contributed by atoms with E-state index in [0.29, 0.717) is 60.7 Å². The lowest BCUT2D eigenvalue weighted by molar-refractivity contribution is -0.139. The SMILES string of the molecule is CN1CCN(c2c(C(=O)NC(=O)Nc3ccc(F)c(C(F)(F)F)c3)cnc3c2c(-c2ccccc2)nn3-c2ccccc2)CC1. The summed E-state index contributed by atoms with van der Waals surface area (Å²) in [5, 5.41) is 9.94. The van der Waals surface area contributed by atoms with E-state index >= 15 is 0 Å². The Bertz CT molecular complexity index is 1870. The number of rotatable bonds is 5. The maximum Gasteiger partial charge on any atom is 0.419 e. The summed E-state index contributed by atoms with van der Waals surface area (Å²) in [4.78, 5) is 35.4. The molecule has 0 aliphatic carbocycles. The van der Waals surface area contributed by atoms with Gasteiger partial charge in [0.25, 0.3) is 5.91 Å². The molecule has 0 bridgehead atoms. The van der Waals surface area contributed by atoms with E-state index in [2.05, 4.69) is 25.4 Å². The van der Waals surface area contributed by atoms with Crippen LogP contribution in [0.15, 0.2) is 85.1 Å². The highest BCUT2D eigenvalue weighted by molar-refractivity contribution is 6.15. The fourth-order valence-corrected chi connectivity index (χ4v) is 5.29. The number of aromatic nitrogens is 3. The third kappa shape index (κ3) is 6.07. The van der Waals surface area contributed by atoms with Crippen LogP contribution in [0.4, 0.5) is 33.7 Å². The molecule has 3 heterocycles. The lowest BCUT2D eigenvalue weighted by Gasteiger charge is -2.35. The highest BCUT2D eigenvalue weighted by Gasteiger charge is 2.34. The van der Waals surface area contributed by atoms with Gasteiger partial charge in [-0.25, -0.2) is 18.9 Å². The number of hydrogen-bond donors (Lipinski definition) is 2. The predicted octanol–water partition coefficient (Wildman–Crippen LogP) is 5.96. The largest absolute Gasteiger partial charge is 0.419 e. The minimum atomic E-state index is -4.97. The van der Waals surface area contributed by atoms with Crippen LogP contribution in [0.2, 0.25) is 0 Å². The van der Waals surface area contributed by atoms with Gasteiger partial charge < -0.3 is 15.1 Å². The van der Waals surface area contributed by atoms with E-state index in [-0.39, 0.29) is 11.3 Å². The van der Waals surface area contributed by atoms with Crippen molar-refractivity contribution in [3.63, 3.8) is 0 Å². The summed E-state index contributed by atoms with van der Waals surface area (Å²) in [6, 6.07) is 19.8. The average Bonchev–Trinajstić information content (AvgIpc) is 3.42. The van der Waals surface area contributed by atoms with Gasteiger partial charge in [-0.05, 0) is 37.4 Å². The van der Waals surface area contributed by atoms with E-state index in [1.54, 1.807) is 4.68 Å². The number of likely N-dealkylation sites (N-methyl/N-ethyl adjacent to an activating group) is 1. The molecule has 0 saturated carbocycles. The minimum Gasteiger partial charge on any atom is -0.368 e. The minimum absolute atomic E-state index is 0.0853. The molecule has 3 aromatic carbocycles. The van der Waals surface area contributed by atoms with Crippen LogP contribution in [-0.4, -0.2) is 64.8 Å². The molecule has 0 atom stereocenters. The molecule has 1 aliphatic rings. The van der Waals surface area contributed by atoms with Crippen molar-refractivity contribution in [2.24, 2.45) is 0 Å². The maximum atomic E-state index is 13.7. The summed E-state index contributed by atoms with van der Waals surface area (Å²) >= 11 is 0. The number of alkyl halides is 3. The zero-order valence-corrected chi connectivity index (χ0v) is 24.0. The molecule has 9 nitrogen and oxygen atoms in total. The standard InChI is InChI=1S/C32H27F4N7O2/c1-41-14-16-42(17-15-41)28-23(30(44)39-31(45)38-21-12-13-25(33)24(18-21)32(34,35)36)19-37-29-26(28)27(20-8-4-2-5-9-20)40-43(29)22-10-6-3-7-11-22/h2-13,18-19H,14-17H2,1H3,(H2,38,39,44,45). The third-order valence-electron chi connectivity index (χ3n) is 7.54. The van der Waals surface area contributed by atoms with Gasteiger partial charge in [-0.15, -0.1) is 0 Å². The van der Waals surface area contributed by atoms with Crippen LogP contribution in [0.5, 0.6) is 0 Å². The first kappa shape index (κ1) is 29.8. The van der Waals surface area contributed by atoms with E-state index < -0.39 is 29.5 Å². The number of carbonyl (C=O) groups excluding carboxylic acids is 2. The zero-order chi connectivity index (χ0) is 31.7. The number of nitrogens with one attached hydrogen (secondary N) is 2. The number of imide groups is 1. The number of amides is 3. The van der Waals surface area contributed by atoms with Crippen molar-refractivity contribution in [2.75, 3.05) is 43.4 Å². The van der Waals surface area contributed by atoms with Crippen molar-refractivity contribution < 1.29 is 27.2 Å². The molecule has 45 heavy (non-hydrogen) atoms. The van der Waals surface area contributed by atoms with Crippen LogP contribution < -0.4 is 15.5 Å². The molecular weight excluding hydrogens is 590 g/mol. The van der Waals surface area contributed by atoms with Gasteiger partial charge in [0.1, 0.15) is 11.5 Å². The monoisotopic (exact) mass is 617 g/mol. The van der Waals surface area contributed by atoms with Crippen LogP contribution in [0.3, 0.4) is 0 Å². The molecule has 1 aliphatic heterocycles. The highest BCUT2D eigenvalue weighted by Crippen LogP contribution is 2.39. The molecule has 1 fully saturated rings. The molecule has 5 aromatic rings. The normalized spacial score (nSPS) is 14.0. The second kappa shape index (κ2) is 12.0. The van der Waals surface area contributed by atoms with Gasteiger partial charge in [0, 0.05) is 43.6 Å². The molecule has 2 N–H and O–H groups in total. The number of anilines is 2. The number of hydrogen-bond acceptors (Lipinski definition) is 6. The van der Waals surface area contributed by atoms with E-state index in [1.165, 1.54) is 6.20 Å². The summed E-state index contributed by atoms with van der Waals surface area (Å²) in [6.07, 6.45) is -3.60. The molecule has 3 amide bonds.